The number of hydrogen-bond acceptors (Lipinski definition) is 5. The number of carbonyl (C=O) groups is 2. The maximum absolute atomic E-state index is 13.1. The first kappa shape index (κ1) is 22.2. The molecule has 2 aliphatic heterocycles. The van der Waals surface area contributed by atoms with Crippen LogP contribution in [-0.2, 0) is 25.5 Å². The lowest BCUT2D eigenvalue weighted by atomic mass is 9.94. The van der Waals surface area contributed by atoms with Gasteiger partial charge in [0.2, 0.25) is 11.8 Å². The monoisotopic (exact) mass is 430 g/mol. The Balaban J connectivity index is 1.38. The fourth-order valence-electron chi connectivity index (χ4n) is 5.06. The van der Waals surface area contributed by atoms with Crippen molar-refractivity contribution in [3.8, 4) is 0 Å². The van der Waals surface area contributed by atoms with Gasteiger partial charge in [-0.15, -0.1) is 0 Å². The molecule has 170 valence electrons. The summed E-state index contributed by atoms with van der Waals surface area (Å²) in [5, 5.41) is 13.4. The second-order valence-corrected chi connectivity index (χ2v) is 9.09. The van der Waals surface area contributed by atoms with E-state index in [-0.39, 0.29) is 43.2 Å². The van der Waals surface area contributed by atoms with Gasteiger partial charge in [-0.25, -0.2) is 0 Å². The summed E-state index contributed by atoms with van der Waals surface area (Å²) >= 11 is 0. The van der Waals surface area contributed by atoms with Crippen LogP contribution in [0.15, 0.2) is 30.3 Å². The van der Waals surface area contributed by atoms with Crippen LogP contribution >= 0.6 is 0 Å². The standard InChI is InChI=1S/C24H34N2O5/c27-19-14-26(24(29)12-17-6-2-1-3-7-17)21-11-10-20(31-22(21)16-30-15-19)13-23(28)25-18-8-4-5-9-18/h1-3,6-7,18-22,27H,4-5,8-16H2,(H,25,28)/t19-,20-,21-,22+/m1/s1. The fraction of sp³-hybridized carbons (Fsp3) is 0.667. The molecule has 0 spiro atoms. The van der Waals surface area contributed by atoms with Crippen molar-refractivity contribution < 1.29 is 24.2 Å². The zero-order chi connectivity index (χ0) is 21.6. The Bertz CT molecular complexity index is 737. The molecule has 0 radical (unpaired) electrons. The first-order valence-corrected chi connectivity index (χ1v) is 11.6. The molecule has 2 amide bonds. The average Bonchev–Trinajstić information content (AvgIpc) is 3.25. The fourth-order valence-corrected chi connectivity index (χ4v) is 5.06. The SMILES string of the molecule is O=C(C[C@H]1CC[C@@H]2[C@H](COC[C@H](O)CN2C(=O)Cc2ccccc2)O1)NC1CCCC1. The number of nitrogens with one attached hydrogen (secondary N) is 1. The topological polar surface area (TPSA) is 88.1 Å². The number of fused-ring (bicyclic) bond motifs is 1. The van der Waals surface area contributed by atoms with E-state index in [4.69, 9.17) is 9.47 Å². The number of benzene rings is 1. The van der Waals surface area contributed by atoms with Crippen molar-refractivity contribution in [1.29, 1.82) is 0 Å². The molecule has 2 N–H and O–H groups in total. The number of rotatable bonds is 5. The minimum absolute atomic E-state index is 0.0109. The van der Waals surface area contributed by atoms with Crippen molar-refractivity contribution in [2.75, 3.05) is 19.8 Å². The molecule has 0 aromatic heterocycles. The van der Waals surface area contributed by atoms with Crippen LogP contribution in [0.2, 0.25) is 0 Å². The number of amides is 2. The maximum Gasteiger partial charge on any atom is 0.227 e. The van der Waals surface area contributed by atoms with E-state index in [0.717, 1.165) is 24.8 Å². The Morgan fingerprint density at radius 2 is 1.84 bits per heavy atom. The Morgan fingerprint density at radius 1 is 1.06 bits per heavy atom. The molecule has 0 unspecified atom stereocenters. The van der Waals surface area contributed by atoms with Crippen molar-refractivity contribution in [3.63, 3.8) is 0 Å². The molecule has 31 heavy (non-hydrogen) atoms. The van der Waals surface area contributed by atoms with Crippen LogP contribution in [0.25, 0.3) is 0 Å². The number of nitrogens with zero attached hydrogens (tertiary/aromatic N) is 1. The summed E-state index contributed by atoms with van der Waals surface area (Å²) in [7, 11) is 0. The molecule has 1 saturated carbocycles. The van der Waals surface area contributed by atoms with E-state index >= 15 is 0 Å². The van der Waals surface area contributed by atoms with Gasteiger partial charge < -0.3 is 24.8 Å². The average molecular weight is 431 g/mol. The second-order valence-electron chi connectivity index (χ2n) is 9.09. The highest BCUT2D eigenvalue weighted by atomic mass is 16.5. The predicted molar refractivity (Wildman–Crippen MR) is 115 cm³/mol. The van der Waals surface area contributed by atoms with Gasteiger partial charge in [-0.2, -0.15) is 0 Å². The van der Waals surface area contributed by atoms with E-state index in [9.17, 15) is 14.7 Å². The van der Waals surface area contributed by atoms with Crippen molar-refractivity contribution in [3.05, 3.63) is 35.9 Å². The number of ether oxygens (including phenoxy) is 2. The van der Waals surface area contributed by atoms with Crippen LogP contribution in [0.4, 0.5) is 0 Å². The summed E-state index contributed by atoms with van der Waals surface area (Å²) < 4.78 is 11.9. The van der Waals surface area contributed by atoms with Gasteiger partial charge in [-0.05, 0) is 31.2 Å². The summed E-state index contributed by atoms with van der Waals surface area (Å²) in [6, 6.07) is 9.81. The second kappa shape index (κ2) is 10.6. The van der Waals surface area contributed by atoms with Gasteiger partial charge in [-0.3, -0.25) is 9.59 Å². The van der Waals surface area contributed by atoms with Crippen LogP contribution in [0.3, 0.4) is 0 Å². The van der Waals surface area contributed by atoms with E-state index in [1.807, 2.05) is 30.3 Å². The molecule has 7 heteroatoms. The highest BCUT2D eigenvalue weighted by Gasteiger charge is 2.40. The number of aliphatic hydroxyl groups is 1. The summed E-state index contributed by atoms with van der Waals surface area (Å²) in [5.74, 6) is 0.0396. The molecule has 1 aromatic carbocycles. The van der Waals surface area contributed by atoms with Gasteiger partial charge in [0, 0.05) is 12.6 Å². The van der Waals surface area contributed by atoms with Gasteiger partial charge in [-0.1, -0.05) is 43.2 Å². The van der Waals surface area contributed by atoms with E-state index in [1.54, 1.807) is 4.90 Å². The lowest BCUT2D eigenvalue weighted by Crippen LogP contribution is -2.58. The van der Waals surface area contributed by atoms with Gasteiger partial charge in [0.25, 0.3) is 0 Å². The van der Waals surface area contributed by atoms with E-state index < -0.39 is 6.10 Å². The van der Waals surface area contributed by atoms with Crippen LogP contribution in [0.5, 0.6) is 0 Å². The molecule has 1 aromatic rings. The van der Waals surface area contributed by atoms with Crippen molar-refractivity contribution in [2.45, 2.75) is 81.8 Å². The lowest BCUT2D eigenvalue weighted by molar-refractivity contribution is -0.169. The maximum atomic E-state index is 13.1. The minimum atomic E-state index is -0.712. The van der Waals surface area contributed by atoms with Crippen LogP contribution in [0.1, 0.15) is 50.5 Å². The minimum Gasteiger partial charge on any atom is -0.389 e. The summed E-state index contributed by atoms with van der Waals surface area (Å²) in [5.41, 5.74) is 0.954. The van der Waals surface area contributed by atoms with Gasteiger partial charge in [0.15, 0.2) is 0 Å². The molecule has 7 nitrogen and oxygen atoms in total. The van der Waals surface area contributed by atoms with Gasteiger partial charge in [0.05, 0.1) is 44.3 Å². The molecule has 4 rings (SSSR count). The van der Waals surface area contributed by atoms with Crippen LogP contribution in [-0.4, -0.2) is 72.0 Å². The zero-order valence-corrected chi connectivity index (χ0v) is 18.1. The molecular formula is C24H34N2O5. The molecule has 2 heterocycles. The smallest absolute Gasteiger partial charge is 0.227 e. The van der Waals surface area contributed by atoms with Crippen LogP contribution < -0.4 is 5.32 Å². The predicted octanol–water partition coefficient (Wildman–Crippen LogP) is 1.81. The Labute approximate surface area is 184 Å². The Morgan fingerprint density at radius 3 is 2.61 bits per heavy atom. The molecule has 3 fully saturated rings. The number of β-amino-alcohol motifs (C(OH)–C–C–N with tert-alkyl or cyclic N) is 1. The number of hydrogen-bond donors (Lipinski definition) is 2. The quantitative estimate of drug-likeness (QED) is 0.744. The Kier molecular flexibility index (Phi) is 7.58. The van der Waals surface area contributed by atoms with E-state index in [1.165, 1.54) is 12.8 Å². The highest BCUT2D eigenvalue weighted by molar-refractivity contribution is 5.79. The zero-order valence-electron chi connectivity index (χ0n) is 18.1. The summed E-state index contributed by atoms with van der Waals surface area (Å²) in [6.45, 7) is 0.731. The molecule has 0 bridgehead atoms. The van der Waals surface area contributed by atoms with E-state index in [0.29, 0.717) is 31.9 Å². The van der Waals surface area contributed by atoms with E-state index in [2.05, 4.69) is 5.32 Å². The summed E-state index contributed by atoms with van der Waals surface area (Å²) in [4.78, 5) is 27.4. The van der Waals surface area contributed by atoms with Crippen LogP contribution in [0, 0.1) is 0 Å². The van der Waals surface area contributed by atoms with Crippen molar-refractivity contribution in [1.82, 2.24) is 10.2 Å². The summed E-state index contributed by atoms with van der Waals surface area (Å²) in [6.07, 6.45) is 5.43. The largest absolute Gasteiger partial charge is 0.389 e. The highest BCUT2D eigenvalue weighted by Crippen LogP contribution is 2.28. The first-order valence-electron chi connectivity index (χ1n) is 11.6. The normalized spacial score (nSPS) is 29.6. The van der Waals surface area contributed by atoms with Gasteiger partial charge in [0.1, 0.15) is 6.10 Å². The third-order valence-corrected chi connectivity index (χ3v) is 6.63. The first-order chi connectivity index (χ1) is 15.1. The molecule has 3 aliphatic rings. The van der Waals surface area contributed by atoms with Crippen molar-refractivity contribution in [2.24, 2.45) is 0 Å². The number of carbonyl (C=O) groups excluding carboxylic acids is 2. The van der Waals surface area contributed by atoms with Gasteiger partial charge >= 0.3 is 0 Å². The van der Waals surface area contributed by atoms with Crippen molar-refractivity contribution >= 4 is 11.8 Å². The molecule has 4 atom stereocenters. The Hall–Kier alpha value is -1.96. The molecule has 2 saturated heterocycles. The molecular weight excluding hydrogens is 396 g/mol. The lowest BCUT2D eigenvalue weighted by Gasteiger charge is -2.44. The molecule has 1 aliphatic carbocycles. The third-order valence-electron chi connectivity index (χ3n) is 6.63. The number of aliphatic hydroxyl groups excluding tert-OH is 1. The third kappa shape index (κ3) is 6.05.